The van der Waals surface area contributed by atoms with Gasteiger partial charge >= 0.3 is 0 Å². The Balaban J connectivity index is 1.78. The van der Waals surface area contributed by atoms with Crippen LogP contribution in [0.25, 0.3) is 0 Å². The molecule has 1 amide bonds. The maximum absolute atomic E-state index is 11.7. The highest BCUT2D eigenvalue weighted by atomic mass is 32.2. The molecule has 0 saturated heterocycles. The molecule has 0 saturated carbocycles. The van der Waals surface area contributed by atoms with Crippen molar-refractivity contribution in [2.24, 2.45) is 5.10 Å². The van der Waals surface area contributed by atoms with Crippen LogP contribution in [0.4, 0.5) is 5.69 Å². The third kappa shape index (κ3) is 5.24. The number of nitrogens with one attached hydrogen (secondary N) is 1. The molecule has 0 unspecified atom stereocenters. The minimum atomic E-state index is -0.456. The molecule has 0 atom stereocenters. The van der Waals surface area contributed by atoms with Crippen molar-refractivity contribution in [1.29, 1.82) is 0 Å². The van der Waals surface area contributed by atoms with Gasteiger partial charge in [0, 0.05) is 41.0 Å². The summed E-state index contributed by atoms with van der Waals surface area (Å²) < 4.78 is 2.05. The fourth-order valence-corrected chi connectivity index (χ4v) is 2.54. The van der Waals surface area contributed by atoms with E-state index in [4.69, 9.17) is 0 Å². The smallest absolute Gasteiger partial charge is 0.269 e. The molecule has 0 aliphatic heterocycles. The quantitative estimate of drug-likeness (QED) is 0.361. The summed E-state index contributed by atoms with van der Waals surface area (Å²) in [5, 5.41) is 14.5. The van der Waals surface area contributed by atoms with E-state index in [1.807, 2.05) is 23.0 Å². The molecule has 7 nitrogen and oxygen atoms in total. The van der Waals surface area contributed by atoms with E-state index < -0.39 is 4.92 Å². The zero-order valence-corrected chi connectivity index (χ0v) is 14.2. The Kier molecular flexibility index (Phi) is 6.14. The zero-order chi connectivity index (χ0) is 17.5. The van der Waals surface area contributed by atoms with Crippen molar-refractivity contribution in [3.05, 3.63) is 58.4 Å². The molecule has 1 aromatic carbocycles. The SMILES string of the molecule is CC(C)n1ccc(/C=N\NC(=O)CSc2ccc([N+](=O)[O-])cc2)c1. The van der Waals surface area contributed by atoms with Crippen molar-refractivity contribution in [2.45, 2.75) is 24.8 Å². The van der Waals surface area contributed by atoms with Crippen molar-refractivity contribution in [3.63, 3.8) is 0 Å². The molecule has 24 heavy (non-hydrogen) atoms. The van der Waals surface area contributed by atoms with Crippen LogP contribution in [0.5, 0.6) is 0 Å². The van der Waals surface area contributed by atoms with E-state index >= 15 is 0 Å². The average Bonchev–Trinajstić information content (AvgIpc) is 3.02. The second-order valence-corrected chi connectivity index (χ2v) is 6.37. The van der Waals surface area contributed by atoms with Crippen LogP contribution in [0, 0.1) is 10.1 Å². The Labute approximate surface area is 143 Å². The van der Waals surface area contributed by atoms with Gasteiger partial charge in [0.1, 0.15) is 0 Å². The molecule has 0 aliphatic rings. The van der Waals surface area contributed by atoms with Crippen LogP contribution in [0.1, 0.15) is 25.5 Å². The lowest BCUT2D eigenvalue weighted by Gasteiger charge is -2.04. The number of amides is 1. The molecule has 0 fully saturated rings. The molecule has 1 aromatic heterocycles. The van der Waals surface area contributed by atoms with E-state index in [2.05, 4.69) is 24.4 Å². The summed E-state index contributed by atoms with van der Waals surface area (Å²) in [6, 6.07) is 8.36. The molecule has 0 bridgehead atoms. The van der Waals surface area contributed by atoms with Gasteiger partial charge in [0.15, 0.2) is 0 Å². The number of thioether (sulfide) groups is 1. The van der Waals surface area contributed by atoms with E-state index in [1.165, 1.54) is 23.9 Å². The Bertz CT molecular complexity index is 738. The fourth-order valence-electron chi connectivity index (χ4n) is 1.85. The first-order valence-corrected chi connectivity index (χ1v) is 8.31. The number of aromatic nitrogens is 1. The molecule has 8 heteroatoms. The van der Waals surface area contributed by atoms with Crippen molar-refractivity contribution in [3.8, 4) is 0 Å². The number of hydrogen-bond acceptors (Lipinski definition) is 5. The van der Waals surface area contributed by atoms with Gasteiger partial charge in [-0.2, -0.15) is 5.10 Å². The average molecular weight is 346 g/mol. The standard InChI is InChI=1S/C16H18N4O3S/c1-12(2)19-8-7-13(10-19)9-17-18-16(21)11-24-15-5-3-14(4-6-15)20(22)23/h3-10,12H,11H2,1-2H3,(H,18,21)/b17-9-. The summed E-state index contributed by atoms with van der Waals surface area (Å²) in [6.45, 7) is 4.16. The third-order valence-corrected chi connectivity index (χ3v) is 4.17. The van der Waals surface area contributed by atoms with Crippen molar-refractivity contribution in [1.82, 2.24) is 9.99 Å². The van der Waals surface area contributed by atoms with Gasteiger partial charge in [-0.1, -0.05) is 0 Å². The highest BCUT2D eigenvalue weighted by Crippen LogP contribution is 2.20. The number of hydrogen-bond donors (Lipinski definition) is 1. The summed E-state index contributed by atoms with van der Waals surface area (Å²) in [7, 11) is 0. The lowest BCUT2D eigenvalue weighted by atomic mass is 10.3. The third-order valence-electron chi connectivity index (χ3n) is 3.15. The fraction of sp³-hybridized carbons (Fsp3) is 0.250. The topological polar surface area (TPSA) is 89.5 Å². The van der Waals surface area contributed by atoms with Gasteiger partial charge in [0.25, 0.3) is 5.69 Å². The number of hydrazone groups is 1. The predicted octanol–water partition coefficient (Wildman–Crippen LogP) is 3.22. The summed E-state index contributed by atoms with van der Waals surface area (Å²) in [5.74, 6) is -0.0554. The Morgan fingerprint density at radius 1 is 1.38 bits per heavy atom. The molecule has 1 heterocycles. The van der Waals surface area contributed by atoms with Gasteiger partial charge in [-0.15, -0.1) is 11.8 Å². The summed E-state index contributed by atoms with van der Waals surface area (Å²) in [4.78, 5) is 22.6. The molecule has 0 radical (unpaired) electrons. The highest BCUT2D eigenvalue weighted by molar-refractivity contribution is 8.00. The lowest BCUT2D eigenvalue weighted by Crippen LogP contribution is -2.19. The van der Waals surface area contributed by atoms with Crippen LogP contribution in [0.15, 0.2) is 52.7 Å². The Morgan fingerprint density at radius 3 is 2.67 bits per heavy atom. The maximum atomic E-state index is 11.7. The second kappa shape index (κ2) is 8.30. The molecule has 0 spiro atoms. The molecule has 126 valence electrons. The van der Waals surface area contributed by atoms with Gasteiger partial charge in [-0.3, -0.25) is 14.9 Å². The van der Waals surface area contributed by atoms with E-state index in [-0.39, 0.29) is 17.3 Å². The van der Waals surface area contributed by atoms with Crippen molar-refractivity contribution < 1.29 is 9.72 Å². The zero-order valence-electron chi connectivity index (χ0n) is 13.4. The van der Waals surface area contributed by atoms with Crippen LogP contribution < -0.4 is 5.43 Å². The number of carbonyl (C=O) groups excluding carboxylic acids is 1. The first kappa shape index (κ1) is 17.7. The van der Waals surface area contributed by atoms with Gasteiger partial charge in [-0.05, 0) is 32.0 Å². The van der Waals surface area contributed by atoms with Crippen LogP contribution in [-0.2, 0) is 4.79 Å². The van der Waals surface area contributed by atoms with Gasteiger partial charge < -0.3 is 4.57 Å². The van der Waals surface area contributed by atoms with E-state index in [0.717, 1.165) is 10.5 Å². The molecule has 2 rings (SSSR count). The number of nitro groups is 1. The molecular weight excluding hydrogens is 328 g/mol. The molecule has 0 aliphatic carbocycles. The highest BCUT2D eigenvalue weighted by Gasteiger charge is 2.06. The van der Waals surface area contributed by atoms with Crippen LogP contribution in [0.3, 0.4) is 0 Å². The maximum Gasteiger partial charge on any atom is 0.269 e. The molecular formula is C16H18N4O3S. The van der Waals surface area contributed by atoms with Crippen molar-refractivity contribution in [2.75, 3.05) is 5.75 Å². The van der Waals surface area contributed by atoms with Crippen LogP contribution in [0.2, 0.25) is 0 Å². The minimum Gasteiger partial charge on any atom is -0.351 e. The summed E-state index contributed by atoms with van der Waals surface area (Å²) in [6.07, 6.45) is 5.50. The summed E-state index contributed by atoms with van der Waals surface area (Å²) in [5.41, 5.74) is 3.40. The number of nitro benzene ring substituents is 1. The van der Waals surface area contributed by atoms with Crippen LogP contribution >= 0.6 is 11.8 Å². The first-order chi connectivity index (χ1) is 11.5. The van der Waals surface area contributed by atoms with Gasteiger partial charge in [0.2, 0.25) is 5.91 Å². The van der Waals surface area contributed by atoms with Crippen molar-refractivity contribution >= 4 is 29.6 Å². The number of benzene rings is 1. The normalized spacial score (nSPS) is 11.1. The van der Waals surface area contributed by atoms with Gasteiger partial charge in [0.05, 0.1) is 16.9 Å². The summed E-state index contributed by atoms with van der Waals surface area (Å²) >= 11 is 1.29. The Hall–Kier alpha value is -2.61. The first-order valence-electron chi connectivity index (χ1n) is 7.32. The monoisotopic (exact) mass is 346 g/mol. The molecule has 1 N–H and O–H groups in total. The number of rotatable bonds is 7. The second-order valence-electron chi connectivity index (χ2n) is 5.32. The van der Waals surface area contributed by atoms with E-state index in [1.54, 1.807) is 18.3 Å². The molecule has 2 aromatic rings. The predicted molar refractivity (Wildman–Crippen MR) is 94.4 cm³/mol. The number of carbonyl (C=O) groups is 1. The number of nitrogens with zero attached hydrogens (tertiary/aromatic N) is 3. The number of non-ortho nitro benzene ring substituents is 1. The van der Waals surface area contributed by atoms with E-state index in [0.29, 0.717) is 6.04 Å². The van der Waals surface area contributed by atoms with E-state index in [9.17, 15) is 14.9 Å². The largest absolute Gasteiger partial charge is 0.351 e. The lowest BCUT2D eigenvalue weighted by molar-refractivity contribution is -0.384. The Morgan fingerprint density at radius 2 is 2.08 bits per heavy atom. The van der Waals surface area contributed by atoms with Crippen LogP contribution in [-0.4, -0.2) is 27.4 Å². The minimum absolute atomic E-state index is 0.0294. The van der Waals surface area contributed by atoms with Gasteiger partial charge in [-0.25, -0.2) is 5.43 Å².